The van der Waals surface area contributed by atoms with E-state index in [0.717, 1.165) is 12.1 Å². The first-order chi connectivity index (χ1) is 14.9. The Morgan fingerprint density at radius 3 is 2.58 bits per heavy atom. The van der Waals surface area contributed by atoms with Gasteiger partial charge in [0, 0.05) is 18.2 Å². The number of likely N-dealkylation sites (tertiary alicyclic amines) is 1. The Bertz CT molecular complexity index is 1190. The average molecular weight is 424 g/mol. The van der Waals surface area contributed by atoms with E-state index in [2.05, 4.69) is 11.3 Å². The second-order valence-electron chi connectivity index (χ2n) is 7.11. The van der Waals surface area contributed by atoms with Crippen LogP contribution in [-0.2, 0) is 0 Å². The summed E-state index contributed by atoms with van der Waals surface area (Å²) in [6.45, 7) is 1.02. The van der Waals surface area contributed by atoms with Gasteiger partial charge < -0.3 is 21.1 Å². The summed E-state index contributed by atoms with van der Waals surface area (Å²) in [5.74, 6) is -1.92. The van der Waals surface area contributed by atoms with Crippen molar-refractivity contribution in [2.75, 3.05) is 18.8 Å². The molecule has 1 atom stereocenters. The summed E-state index contributed by atoms with van der Waals surface area (Å²) in [5.41, 5.74) is 12.7. The minimum atomic E-state index is -0.824. The van der Waals surface area contributed by atoms with Crippen LogP contribution in [0.2, 0.25) is 0 Å². The fraction of sp³-hybridized carbons (Fsp3) is 0.190. The summed E-state index contributed by atoms with van der Waals surface area (Å²) in [6, 6.07) is 9.24. The number of nitrogens with two attached hydrogens (primary N) is 2. The van der Waals surface area contributed by atoms with E-state index < -0.39 is 17.5 Å². The molecule has 31 heavy (non-hydrogen) atoms. The number of nitrogens with zero attached hydrogens (tertiary/aromatic N) is 4. The summed E-state index contributed by atoms with van der Waals surface area (Å²) in [4.78, 5) is 13.7. The van der Waals surface area contributed by atoms with Gasteiger partial charge in [-0.3, -0.25) is 4.79 Å². The molecule has 0 saturated carbocycles. The number of nitriles is 1. The highest BCUT2D eigenvalue weighted by Gasteiger charge is 2.29. The van der Waals surface area contributed by atoms with Crippen LogP contribution in [0.25, 0.3) is 11.3 Å². The highest BCUT2D eigenvalue weighted by molar-refractivity contribution is 6.03. The molecular weight excluding hydrogens is 406 g/mol. The van der Waals surface area contributed by atoms with Gasteiger partial charge in [-0.25, -0.2) is 13.5 Å². The molecule has 1 aliphatic heterocycles. The van der Waals surface area contributed by atoms with Crippen LogP contribution in [0.1, 0.15) is 22.8 Å². The molecule has 1 amide bonds. The van der Waals surface area contributed by atoms with E-state index in [9.17, 15) is 13.6 Å². The number of ether oxygens (including phenoxy) is 1. The van der Waals surface area contributed by atoms with Gasteiger partial charge in [0.25, 0.3) is 5.91 Å². The van der Waals surface area contributed by atoms with E-state index in [0.29, 0.717) is 36.5 Å². The Labute approximate surface area is 176 Å². The molecule has 0 bridgehead atoms. The molecule has 1 fully saturated rings. The lowest BCUT2D eigenvalue weighted by atomic mass is 10.1. The minimum absolute atomic E-state index is 0.0913. The number of halogens is 2. The quantitative estimate of drug-likeness (QED) is 0.607. The van der Waals surface area contributed by atoms with Crippen molar-refractivity contribution >= 4 is 11.7 Å². The zero-order chi connectivity index (χ0) is 22.1. The first-order valence-electron chi connectivity index (χ1n) is 9.43. The van der Waals surface area contributed by atoms with Crippen LogP contribution >= 0.6 is 0 Å². The number of aromatic nitrogens is 2. The molecule has 1 aliphatic rings. The average Bonchev–Trinajstić information content (AvgIpc) is 3.35. The number of anilines is 1. The zero-order valence-electron chi connectivity index (χ0n) is 16.3. The van der Waals surface area contributed by atoms with Gasteiger partial charge in [-0.05, 0) is 42.8 Å². The molecule has 2 aromatic carbocycles. The molecular formula is C21H18F2N6O2. The molecule has 158 valence electrons. The van der Waals surface area contributed by atoms with E-state index in [1.54, 1.807) is 29.2 Å². The molecule has 0 aliphatic carbocycles. The normalized spacial score (nSPS) is 15.6. The first-order valence-corrected chi connectivity index (χ1v) is 9.43. The van der Waals surface area contributed by atoms with Crippen molar-refractivity contribution in [3.05, 3.63) is 59.7 Å². The van der Waals surface area contributed by atoms with Crippen LogP contribution in [0.5, 0.6) is 11.5 Å². The predicted octanol–water partition coefficient (Wildman–Crippen LogP) is 3.03. The Morgan fingerprint density at radius 1 is 1.23 bits per heavy atom. The van der Waals surface area contributed by atoms with E-state index >= 15 is 0 Å². The molecule has 10 heteroatoms. The van der Waals surface area contributed by atoms with Crippen LogP contribution in [0.3, 0.4) is 0 Å². The lowest BCUT2D eigenvalue weighted by molar-refractivity contribution is 0.100. The minimum Gasteiger partial charge on any atom is -0.454 e. The summed E-state index contributed by atoms with van der Waals surface area (Å²) in [5, 5.41) is 13.6. The maximum absolute atomic E-state index is 13.8. The first kappa shape index (κ1) is 20.2. The van der Waals surface area contributed by atoms with Crippen molar-refractivity contribution < 1.29 is 18.3 Å². The second kappa shape index (κ2) is 7.95. The zero-order valence-corrected chi connectivity index (χ0v) is 16.3. The van der Waals surface area contributed by atoms with Crippen molar-refractivity contribution in [1.82, 2.24) is 14.7 Å². The lowest BCUT2D eigenvalue weighted by Crippen LogP contribution is -2.19. The van der Waals surface area contributed by atoms with Crippen molar-refractivity contribution in [3.8, 4) is 28.9 Å². The van der Waals surface area contributed by atoms with Crippen molar-refractivity contribution in [2.45, 2.75) is 12.5 Å². The van der Waals surface area contributed by atoms with Gasteiger partial charge in [0.15, 0.2) is 17.8 Å². The maximum Gasteiger partial charge on any atom is 0.254 e. The summed E-state index contributed by atoms with van der Waals surface area (Å²) in [7, 11) is 0. The van der Waals surface area contributed by atoms with Gasteiger partial charge in [-0.15, -0.1) is 0 Å². The number of rotatable bonds is 5. The number of hydrogen-bond donors (Lipinski definition) is 2. The van der Waals surface area contributed by atoms with Gasteiger partial charge in [0.05, 0.1) is 12.6 Å². The smallest absolute Gasteiger partial charge is 0.254 e. The Kier molecular flexibility index (Phi) is 5.17. The Morgan fingerprint density at radius 2 is 1.97 bits per heavy atom. The molecule has 8 nitrogen and oxygen atoms in total. The highest BCUT2D eigenvalue weighted by Crippen LogP contribution is 2.33. The van der Waals surface area contributed by atoms with Gasteiger partial charge in [-0.1, -0.05) is 0 Å². The molecule has 2 heterocycles. The summed E-state index contributed by atoms with van der Waals surface area (Å²) in [6.07, 6.45) is 2.75. The van der Waals surface area contributed by atoms with Gasteiger partial charge >= 0.3 is 0 Å². The molecule has 1 saturated heterocycles. The standard InChI is InChI=1S/C21H18F2N6O2/c22-13-3-6-17(16(23)9-13)31-15-4-1-12(2-5-15)19-18(21(26)30)20(25)29(27-19)14-7-8-28(10-14)11-24/h1-6,9,14H,7-8,10,25H2,(H2,26,30). The molecule has 1 aromatic heterocycles. The largest absolute Gasteiger partial charge is 0.454 e. The van der Waals surface area contributed by atoms with E-state index in [1.165, 1.54) is 10.7 Å². The number of hydrogen-bond acceptors (Lipinski definition) is 6. The van der Waals surface area contributed by atoms with Crippen LogP contribution in [0.15, 0.2) is 42.5 Å². The Balaban J connectivity index is 1.64. The SMILES string of the molecule is N#CN1CCC(n2nc(-c3ccc(Oc4ccc(F)cc4F)cc3)c(C(N)=O)c2N)C1. The van der Waals surface area contributed by atoms with Gasteiger partial charge in [0.2, 0.25) is 0 Å². The fourth-order valence-electron chi connectivity index (χ4n) is 3.57. The molecule has 4 rings (SSSR count). The fourth-order valence-corrected chi connectivity index (χ4v) is 3.57. The Hall–Kier alpha value is -4.13. The van der Waals surface area contributed by atoms with Gasteiger partial charge in [0.1, 0.15) is 28.6 Å². The molecule has 1 unspecified atom stereocenters. The molecule has 4 N–H and O–H groups in total. The number of amides is 1. The van der Waals surface area contributed by atoms with Crippen LogP contribution < -0.4 is 16.2 Å². The number of nitrogen functional groups attached to an aromatic ring is 1. The second-order valence-corrected chi connectivity index (χ2v) is 7.11. The summed E-state index contributed by atoms with van der Waals surface area (Å²) >= 11 is 0. The molecule has 3 aromatic rings. The van der Waals surface area contributed by atoms with E-state index in [4.69, 9.17) is 21.5 Å². The van der Waals surface area contributed by atoms with Crippen LogP contribution in [0, 0.1) is 23.1 Å². The van der Waals surface area contributed by atoms with Crippen molar-refractivity contribution in [1.29, 1.82) is 5.26 Å². The third-order valence-corrected chi connectivity index (χ3v) is 5.09. The third-order valence-electron chi connectivity index (χ3n) is 5.09. The number of carbonyl (C=O) groups is 1. The summed E-state index contributed by atoms with van der Waals surface area (Å²) < 4.78 is 33.8. The molecule has 0 radical (unpaired) electrons. The number of carbonyl (C=O) groups excluding carboxylic acids is 1. The van der Waals surface area contributed by atoms with E-state index in [-0.39, 0.29) is 23.2 Å². The lowest BCUT2D eigenvalue weighted by Gasteiger charge is -2.12. The predicted molar refractivity (Wildman–Crippen MR) is 108 cm³/mol. The maximum atomic E-state index is 13.8. The topological polar surface area (TPSA) is 123 Å². The van der Waals surface area contributed by atoms with Crippen molar-refractivity contribution in [3.63, 3.8) is 0 Å². The third kappa shape index (κ3) is 3.85. The molecule has 0 spiro atoms. The van der Waals surface area contributed by atoms with Crippen LogP contribution in [-0.4, -0.2) is 33.7 Å². The highest BCUT2D eigenvalue weighted by atomic mass is 19.1. The van der Waals surface area contributed by atoms with Crippen LogP contribution in [0.4, 0.5) is 14.6 Å². The van der Waals surface area contributed by atoms with Crippen molar-refractivity contribution in [2.24, 2.45) is 5.73 Å². The monoisotopic (exact) mass is 424 g/mol. The number of benzene rings is 2. The number of primary amides is 1. The van der Waals surface area contributed by atoms with E-state index in [1.807, 2.05) is 0 Å². The van der Waals surface area contributed by atoms with Gasteiger partial charge in [-0.2, -0.15) is 10.4 Å².